The minimum atomic E-state index is 0.581. The summed E-state index contributed by atoms with van der Waals surface area (Å²) in [4.78, 5) is 15.7. The molecule has 0 fully saturated rings. The third-order valence-electron chi connectivity index (χ3n) is 11.6. The van der Waals surface area contributed by atoms with Crippen LogP contribution in [0.5, 0.6) is 0 Å². The Morgan fingerprint density at radius 3 is 1.78 bits per heavy atom. The van der Waals surface area contributed by atoms with Crippen LogP contribution in [0.1, 0.15) is 0 Å². The molecule has 0 aliphatic rings. The van der Waals surface area contributed by atoms with Crippen LogP contribution in [0.3, 0.4) is 0 Å². The summed E-state index contributed by atoms with van der Waals surface area (Å²) in [5.41, 5.74) is 12.0. The highest BCUT2D eigenvalue weighted by Gasteiger charge is 2.22. The summed E-state index contributed by atoms with van der Waals surface area (Å²) in [5, 5.41) is 6.69. The molecule has 3 heterocycles. The van der Waals surface area contributed by atoms with Crippen LogP contribution < -0.4 is 0 Å². The van der Waals surface area contributed by atoms with Crippen molar-refractivity contribution in [3.8, 4) is 62.1 Å². The lowest BCUT2D eigenvalue weighted by Crippen LogP contribution is -2.00. The van der Waals surface area contributed by atoms with E-state index in [9.17, 15) is 0 Å². The Kier molecular flexibility index (Phi) is 7.78. The van der Waals surface area contributed by atoms with Gasteiger partial charge in [0.25, 0.3) is 0 Å². The summed E-state index contributed by atoms with van der Waals surface area (Å²) >= 11 is 0. The Labute approximate surface area is 345 Å². The maximum absolute atomic E-state index is 6.80. The zero-order chi connectivity index (χ0) is 39.6. The van der Waals surface area contributed by atoms with E-state index in [2.05, 4.69) is 174 Å². The summed E-state index contributed by atoms with van der Waals surface area (Å²) in [6, 6.07) is 72.1. The molecule has 0 bridgehead atoms. The van der Waals surface area contributed by atoms with Crippen LogP contribution in [0.15, 0.2) is 211 Å². The van der Waals surface area contributed by atoms with Crippen molar-refractivity contribution >= 4 is 54.5 Å². The average Bonchev–Trinajstić information content (AvgIpc) is 3.87. The minimum Gasteiger partial charge on any atom is -0.455 e. The highest BCUT2D eigenvalue weighted by molar-refractivity contribution is 6.16. The van der Waals surface area contributed by atoms with Gasteiger partial charge in [-0.25, -0.2) is 15.0 Å². The number of nitrogens with zero attached hydrogens (tertiary/aromatic N) is 4. The molecular weight excluding hydrogens is 733 g/mol. The Morgan fingerprint density at radius 2 is 0.983 bits per heavy atom. The number of hydrogen-bond acceptors (Lipinski definition) is 4. The first kappa shape index (κ1) is 33.9. The van der Waals surface area contributed by atoms with Crippen molar-refractivity contribution in [2.75, 3.05) is 0 Å². The lowest BCUT2D eigenvalue weighted by molar-refractivity contribution is 0.670. The molecule has 60 heavy (non-hydrogen) atoms. The fourth-order valence-electron chi connectivity index (χ4n) is 8.79. The quantitative estimate of drug-likeness (QED) is 0.169. The van der Waals surface area contributed by atoms with E-state index < -0.39 is 0 Å². The van der Waals surface area contributed by atoms with Gasteiger partial charge in [-0.1, -0.05) is 152 Å². The van der Waals surface area contributed by atoms with Crippen LogP contribution in [0.25, 0.3) is 117 Å². The Balaban J connectivity index is 1.09. The van der Waals surface area contributed by atoms with E-state index >= 15 is 0 Å². The molecule has 9 aromatic carbocycles. The van der Waals surface area contributed by atoms with E-state index in [1.54, 1.807) is 0 Å². The molecule has 0 aliphatic carbocycles. The van der Waals surface area contributed by atoms with E-state index in [-0.39, 0.29) is 0 Å². The van der Waals surface area contributed by atoms with Gasteiger partial charge in [-0.2, -0.15) is 0 Å². The molecule has 12 aromatic rings. The van der Waals surface area contributed by atoms with Crippen molar-refractivity contribution < 1.29 is 4.42 Å². The summed E-state index contributed by atoms with van der Waals surface area (Å²) in [6.45, 7) is 0. The normalized spacial score (nSPS) is 11.7. The van der Waals surface area contributed by atoms with Gasteiger partial charge in [-0.15, -0.1) is 0 Å². The van der Waals surface area contributed by atoms with E-state index in [1.165, 1.54) is 10.8 Å². The molecule has 0 spiro atoms. The van der Waals surface area contributed by atoms with E-state index in [4.69, 9.17) is 19.4 Å². The van der Waals surface area contributed by atoms with Crippen LogP contribution in [0, 0.1) is 0 Å². The summed E-state index contributed by atoms with van der Waals surface area (Å²) in [7, 11) is 0. The maximum atomic E-state index is 6.80. The first-order valence-corrected chi connectivity index (χ1v) is 20.2. The Morgan fingerprint density at radius 1 is 0.350 bits per heavy atom. The molecule has 0 amide bonds. The first-order valence-electron chi connectivity index (χ1n) is 20.2. The fourth-order valence-corrected chi connectivity index (χ4v) is 8.79. The SMILES string of the molecule is c1ccc(-c2cc(-c3ccccc3)c3oc4cccc(-c5nc(-c6ccccc6)nc(-c6ccc7c(c6)c6ccccc6n7-c6ccc7ccccc7c6)n5)c4c3c2)cc1. The number of aromatic nitrogens is 4. The second-order valence-electron chi connectivity index (χ2n) is 15.2. The molecular formula is C55H34N4O. The molecule has 3 aromatic heterocycles. The van der Waals surface area contributed by atoms with Gasteiger partial charge in [-0.05, 0) is 82.1 Å². The molecule has 5 nitrogen and oxygen atoms in total. The van der Waals surface area contributed by atoms with Crippen molar-refractivity contribution in [3.05, 3.63) is 206 Å². The van der Waals surface area contributed by atoms with Gasteiger partial charge < -0.3 is 8.98 Å². The smallest absolute Gasteiger partial charge is 0.164 e. The molecule has 0 radical (unpaired) electrons. The van der Waals surface area contributed by atoms with Crippen molar-refractivity contribution in [1.82, 2.24) is 19.5 Å². The Hall–Kier alpha value is -8.15. The van der Waals surface area contributed by atoms with Crippen molar-refractivity contribution in [2.45, 2.75) is 0 Å². The Bertz CT molecular complexity index is 3590. The lowest BCUT2D eigenvalue weighted by Gasteiger charge is -2.11. The number of para-hydroxylation sites is 1. The standard InChI is InChI=1S/C55H34N4O/c1-4-15-35(16-5-1)41-33-45(37-18-6-2-7-19-37)52-47(34-41)51-44(24-14-26-50(51)60-52)55-57-53(38-20-8-3-9-21-38)56-54(58-55)40-28-30-49-46(32-40)43-23-12-13-25-48(43)59(49)42-29-27-36-17-10-11-22-39(36)31-42/h1-34H. The van der Waals surface area contributed by atoms with Crippen LogP contribution in [0.4, 0.5) is 0 Å². The summed E-state index contributed by atoms with van der Waals surface area (Å²) < 4.78 is 9.15. The topological polar surface area (TPSA) is 56.7 Å². The monoisotopic (exact) mass is 766 g/mol. The van der Waals surface area contributed by atoms with E-state index in [1.807, 2.05) is 36.4 Å². The molecule has 5 heteroatoms. The second-order valence-corrected chi connectivity index (χ2v) is 15.2. The highest BCUT2D eigenvalue weighted by Crippen LogP contribution is 2.43. The molecule has 0 saturated carbocycles. The van der Waals surface area contributed by atoms with Crippen LogP contribution >= 0.6 is 0 Å². The molecule has 280 valence electrons. The second kappa shape index (κ2) is 13.8. The summed E-state index contributed by atoms with van der Waals surface area (Å²) in [5.74, 6) is 1.79. The van der Waals surface area contributed by atoms with Gasteiger partial charge in [0.15, 0.2) is 17.5 Å². The van der Waals surface area contributed by atoms with Crippen LogP contribution in [-0.4, -0.2) is 19.5 Å². The predicted octanol–water partition coefficient (Wildman–Crippen LogP) is 14.4. The van der Waals surface area contributed by atoms with Gasteiger partial charge in [0.1, 0.15) is 11.2 Å². The maximum Gasteiger partial charge on any atom is 0.164 e. The van der Waals surface area contributed by atoms with E-state index in [0.29, 0.717) is 17.5 Å². The number of furan rings is 1. The zero-order valence-electron chi connectivity index (χ0n) is 32.3. The molecule has 12 rings (SSSR count). The number of hydrogen-bond donors (Lipinski definition) is 0. The molecule has 0 N–H and O–H groups in total. The largest absolute Gasteiger partial charge is 0.455 e. The highest BCUT2D eigenvalue weighted by atomic mass is 16.3. The van der Waals surface area contributed by atoms with Gasteiger partial charge in [0, 0.05) is 49.5 Å². The predicted molar refractivity (Wildman–Crippen MR) is 246 cm³/mol. The van der Waals surface area contributed by atoms with Crippen LogP contribution in [0.2, 0.25) is 0 Å². The number of benzene rings is 9. The zero-order valence-corrected chi connectivity index (χ0v) is 32.3. The third-order valence-corrected chi connectivity index (χ3v) is 11.6. The number of fused-ring (bicyclic) bond motifs is 7. The van der Waals surface area contributed by atoms with Gasteiger partial charge in [0.2, 0.25) is 0 Å². The van der Waals surface area contributed by atoms with Crippen molar-refractivity contribution in [2.24, 2.45) is 0 Å². The fraction of sp³-hybridized carbons (Fsp3) is 0. The molecule has 0 atom stereocenters. The van der Waals surface area contributed by atoms with Gasteiger partial charge >= 0.3 is 0 Å². The van der Waals surface area contributed by atoms with E-state index in [0.717, 1.165) is 88.4 Å². The first-order chi connectivity index (χ1) is 29.7. The number of rotatable bonds is 6. The molecule has 0 aliphatic heterocycles. The van der Waals surface area contributed by atoms with Crippen molar-refractivity contribution in [3.63, 3.8) is 0 Å². The third kappa shape index (κ3) is 5.59. The average molecular weight is 767 g/mol. The van der Waals surface area contributed by atoms with Crippen molar-refractivity contribution in [1.29, 1.82) is 0 Å². The molecule has 0 saturated heterocycles. The molecule has 0 unspecified atom stereocenters. The van der Waals surface area contributed by atoms with Gasteiger partial charge in [0.05, 0.1) is 11.0 Å². The summed E-state index contributed by atoms with van der Waals surface area (Å²) in [6.07, 6.45) is 0. The van der Waals surface area contributed by atoms with Gasteiger partial charge in [-0.3, -0.25) is 0 Å². The van der Waals surface area contributed by atoms with Crippen LogP contribution in [-0.2, 0) is 0 Å². The lowest BCUT2D eigenvalue weighted by atomic mass is 9.95. The minimum absolute atomic E-state index is 0.581.